The van der Waals surface area contributed by atoms with Crippen molar-refractivity contribution in [1.82, 2.24) is 0 Å². The third kappa shape index (κ3) is 2.08. The quantitative estimate of drug-likeness (QED) is 0.740. The molecule has 0 radical (unpaired) electrons. The molecule has 2 aromatic rings. The van der Waals surface area contributed by atoms with Gasteiger partial charge in [0.25, 0.3) is 0 Å². The van der Waals surface area contributed by atoms with Crippen LogP contribution in [0.15, 0.2) is 59.6 Å². The summed E-state index contributed by atoms with van der Waals surface area (Å²) in [5.41, 5.74) is 5.34. The lowest BCUT2D eigenvalue weighted by atomic mass is 10.1. The van der Waals surface area contributed by atoms with Gasteiger partial charge in [-0.2, -0.15) is 0 Å². The maximum absolute atomic E-state index is 4.90. The van der Waals surface area contributed by atoms with Crippen LogP contribution in [0.2, 0.25) is 0 Å². The van der Waals surface area contributed by atoms with E-state index < -0.39 is 0 Å². The van der Waals surface area contributed by atoms with Gasteiger partial charge in [-0.25, -0.2) is 0 Å². The Labute approximate surface area is 108 Å². The second kappa shape index (κ2) is 4.77. The maximum atomic E-state index is 4.90. The standard InChI is InChI=1S/C17H17N/c1-13(14-7-3-2-4-8-14)18-17-12-11-15-9-5-6-10-16(15)17/h2-10,13H,11-12H2,1H3/b18-17+. The minimum atomic E-state index is 0.243. The van der Waals surface area contributed by atoms with E-state index in [4.69, 9.17) is 4.99 Å². The van der Waals surface area contributed by atoms with Gasteiger partial charge in [-0.15, -0.1) is 0 Å². The van der Waals surface area contributed by atoms with Gasteiger partial charge in [-0.05, 0) is 36.5 Å². The predicted molar refractivity (Wildman–Crippen MR) is 76.2 cm³/mol. The smallest absolute Gasteiger partial charge is 0.0724 e. The maximum Gasteiger partial charge on any atom is 0.0724 e. The number of benzene rings is 2. The lowest BCUT2D eigenvalue weighted by Crippen LogP contribution is -1.99. The van der Waals surface area contributed by atoms with Crippen molar-refractivity contribution in [2.45, 2.75) is 25.8 Å². The molecule has 0 spiro atoms. The van der Waals surface area contributed by atoms with Gasteiger partial charge in [0.15, 0.2) is 0 Å². The number of hydrogen-bond acceptors (Lipinski definition) is 1. The minimum Gasteiger partial charge on any atom is -0.281 e. The fourth-order valence-corrected chi connectivity index (χ4v) is 2.58. The van der Waals surface area contributed by atoms with E-state index in [-0.39, 0.29) is 6.04 Å². The molecule has 0 heterocycles. The van der Waals surface area contributed by atoms with Gasteiger partial charge in [-0.3, -0.25) is 4.99 Å². The lowest BCUT2D eigenvalue weighted by molar-refractivity contribution is 0.816. The van der Waals surface area contributed by atoms with Gasteiger partial charge in [0.1, 0.15) is 0 Å². The van der Waals surface area contributed by atoms with Crippen LogP contribution >= 0.6 is 0 Å². The molecule has 1 unspecified atom stereocenters. The van der Waals surface area contributed by atoms with E-state index >= 15 is 0 Å². The van der Waals surface area contributed by atoms with Crippen LogP contribution < -0.4 is 0 Å². The van der Waals surface area contributed by atoms with E-state index in [1.54, 1.807) is 0 Å². The molecule has 2 aromatic carbocycles. The van der Waals surface area contributed by atoms with Gasteiger partial charge in [0, 0.05) is 5.71 Å². The van der Waals surface area contributed by atoms with E-state index in [1.165, 1.54) is 22.4 Å². The molecule has 0 bridgehead atoms. The van der Waals surface area contributed by atoms with Gasteiger partial charge in [0.05, 0.1) is 6.04 Å². The van der Waals surface area contributed by atoms with E-state index in [1.807, 2.05) is 6.07 Å². The Balaban J connectivity index is 1.91. The predicted octanol–water partition coefficient (Wildman–Crippen LogP) is 4.18. The molecule has 18 heavy (non-hydrogen) atoms. The highest BCUT2D eigenvalue weighted by Crippen LogP contribution is 2.25. The van der Waals surface area contributed by atoms with E-state index in [9.17, 15) is 0 Å². The second-order valence-electron chi connectivity index (χ2n) is 4.82. The molecule has 1 aliphatic rings. The molecular formula is C17H17N. The van der Waals surface area contributed by atoms with Crippen molar-refractivity contribution >= 4 is 5.71 Å². The molecule has 0 aromatic heterocycles. The first-order chi connectivity index (χ1) is 8.84. The molecule has 1 nitrogen and oxygen atoms in total. The highest BCUT2D eigenvalue weighted by molar-refractivity contribution is 6.04. The molecule has 0 saturated heterocycles. The number of fused-ring (bicyclic) bond motifs is 1. The topological polar surface area (TPSA) is 12.4 Å². The Morgan fingerprint density at radius 2 is 1.61 bits per heavy atom. The van der Waals surface area contributed by atoms with Crippen LogP contribution in [-0.2, 0) is 6.42 Å². The number of rotatable bonds is 2. The highest BCUT2D eigenvalue weighted by atomic mass is 14.8. The van der Waals surface area contributed by atoms with Crippen LogP contribution in [-0.4, -0.2) is 5.71 Å². The third-order valence-corrected chi connectivity index (χ3v) is 3.59. The Bertz CT molecular complexity index is 569. The summed E-state index contributed by atoms with van der Waals surface area (Å²) in [6, 6.07) is 19.4. The summed E-state index contributed by atoms with van der Waals surface area (Å²) in [6.45, 7) is 2.17. The molecule has 90 valence electrons. The average Bonchev–Trinajstić information content (AvgIpc) is 2.83. The third-order valence-electron chi connectivity index (χ3n) is 3.59. The Hall–Kier alpha value is -1.89. The van der Waals surface area contributed by atoms with Crippen LogP contribution in [0, 0.1) is 0 Å². The van der Waals surface area contributed by atoms with Gasteiger partial charge in [-0.1, -0.05) is 54.6 Å². The second-order valence-corrected chi connectivity index (χ2v) is 4.82. The van der Waals surface area contributed by atoms with Crippen molar-refractivity contribution in [3.05, 3.63) is 71.3 Å². The number of hydrogen-bond donors (Lipinski definition) is 0. The van der Waals surface area contributed by atoms with E-state index in [2.05, 4.69) is 55.5 Å². The van der Waals surface area contributed by atoms with Crippen LogP contribution in [0.25, 0.3) is 0 Å². The first-order valence-electron chi connectivity index (χ1n) is 6.54. The highest BCUT2D eigenvalue weighted by Gasteiger charge is 2.17. The molecule has 0 N–H and O–H groups in total. The Kier molecular flexibility index (Phi) is 2.97. The summed E-state index contributed by atoms with van der Waals surface area (Å²) in [5.74, 6) is 0. The molecule has 1 atom stereocenters. The monoisotopic (exact) mass is 235 g/mol. The normalized spacial score (nSPS) is 17.7. The first kappa shape index (κ1) is 11.2. The number of aliphatic imine (C=N–C) groups is 1. The molecule has 0 fully saturated rings. The van der Waals surface area contributed by atoms with Crippen molar-refractivity contribution < 1.29 is 0 Å². The summed E-state index contributed by atoms with van der Waals surface area (Å²) in [4.78, 5) is 4.90. The van der Waals surface area contributed by atoms with E-state index in [0.717, 1.165) is 12.8 Å². The molecule has 0 saturated carbocycles. The Morgan fingerprint density at radius 1 is 0.889 bits per heavy atom. The number of aryl methyl sites for hydroxylation is 1. The van der Waals surface area contributed by atoms with Crippen LogP contribution in [0.4, 0.5) is 0 Å². The van der Waals surface area contributed by atoms with Gasteiger partial charge >= 0.3 is 0 Å². The Morgan fingerprint density at radius 3 is 2.44 bits per heavy atom. The number of nitrogens with zero attached hydrogens (tertiary/aromatic N) is 1. The molecule has 0 amide bonds. The summed E-state index contributed by atoms with van der Waals surface area (Å²) >= 11 is 0. The molecule has 1 aliphatic carbocycles. The largest absolute Gasteiger partial charge is 0.281 e. The fraction of sp³-hybridized carbons (Fsp3) is 0.235. The van der Waals surface area contributed by atoms with Crippen LogP contribution in [0.1, 0.15) is 36.1 Å². The molecule has 1 heteroatoms. The first-order valence-corrected chi connectivity index (χ1v) is 6.54. The molecular weight excluding hydrogens is 218 g/mol. The van der Waals surface area contributed by atoms with Crippen molar-refractivity contribution in [2.24, 2.45) is 4.99 Å². The van der Waals surface area contributed by atoms with Gasteiger partial charge < -0.3 is 0 Å². The average molecular weight is 235 g/mol. The zero-order valence-corrected chi connectivity index (χ0v) is 10.6. The lowest BCUT2D eigenvalue weighted by Gasteiger charge is -2.08. The SMILES string of the molecule is CC(/N=C1\CCc2ccccc21)c1ccccc1. The fourth-order valence-electron chi connectivity index (χ4n) is 2.58. The zero-order valence-electron chi connectivity index (χ0n) is 10.6. The van der Waals surface area contributed by atoms with Crippen LogP contribution in [0.5, 0.6) is 0 Å². The summed E-state index contributed by atoms with van der Waals surface area (Å²) in [6.07, 6.45) is 2.22. The molecule has 3 rings (SSSR count). The van der Waals surface area contributed by atoms with E-state index in [0.29, 0.717) is 0 Å². The molecule has 0 aliphatic heterocycles. The van der Waals surface area contributed by atoms with Crippen molar-refractivity contribution in [2.75, 3.05) is 0 Å². The van der Waals surface area contributed by atoms with Gasteiger partial charge in [0.2, 0.25) is 0 Å². The van der Waals surface area contributed by atoms with Crippen LogP contribution in [0.3, 0.4) is 0 Å². The summed E-state index contributed by atoms with van der Waals surface area (Å²) < 4.78 is 0. The summed E-state index contributed by atoms with van der Waals surface area (Å²) in [7, 11) is 0. The van der Waals surface area contributed by atoms with Crippen molar-refractivity contribution in [1.29, 1.82) is 0 Å². The van der Waals surface area contributed by atoms with Crippen molar-refractivity contribution in [3.63, 3.8) is 0 Å². The zero-order chi connectivity index (χ0) is 12.4. The minimum absolute atomic E-state index is 0.243. The van der Waals surface area contributed by atoms with Crippen molar-refractivity contribution in [3.8, 4) is 0 Å². The summed E-state index contributed by atoms with van der Waals surface area (Å²) in [5, 5.41) is 0.